The van der Waals surface area contributed by atoms with Gasteiger partial charge < -0.3 is 4.90 Å². The van der Waals surface area contributed by atoms with Crippen molar-refractivity contribution in [2.75, 3.05) is 37.8 Å². The van der Waals surface area contributed by atoms with Gasteiger partial charge in [-0.05, 0) is 63.5 Å². The van der Waals surface area contributed by atoms with Crippen molar-refractivity contribution in [2.45, 2.75) is 17.7 Å². The van der Waals surface area contributed by atoms with Gasteiger partial charge >= 0.3 is 0 Å². The van der Waals surface area contributed by atoms with Crippen LogP contribution in [-0.4, -0.2) is 48.7 Å². The number of thioether (sulfide) groups is 1. The molecule has 0 aliphatic carbocycles. The van der Waals surface area contributed by atoms with Gasteiger partial charge in [-0.2, -0.15) is 0 Å². The molecule has 0 saturated carbocycles. The number of amides is 1. The van der Waals surface area contributed by atoms with Crippen molar-refractivity contribution in [3.63, 3.8) is 0 Å². The summed E-state index contributed by atoms with van der Waals surface area (Å²) < 4.78 is 1.11. The molecule has 29 heavy (non-hydrogen) atoms. The van der Waals surface area contributed by atoms with Crippen LogP contribution in [0.2, 0.25) is 5.02 Å². The molecule has 8 heteroatoms. The fraction of sp³-hybridized carbons (Fsp3) is 0.333. The molecular formula is C21H25Cl2N3OS2. The van der Waals surface area contributed by atoms with Crippen LogP contribution in [0.25, 0.3) is 10.2 Å². The van der Waals surface area contributed by atoms with Crippen molar-refractivity contribution in [3.8, 4) is 0 Å². The van der Waals surface area contributed by atoms with Crippen LogP contribution in [0.4, 0.5) is 5.13 Å². The zero-order valence-electron chi connectivity index (χ0n) is 16.5. The van der Waals surface area contributed by atoms with Crippen LogP contribution in [0.15, 0.2) is 53.4 Å². The highest BCUT2D eigenvalue weighted by atomic mass is 35.5. The van der Waals surface area contributed by atoms with Crippen molar-refractivity contribution in [3.05, 3.63) is 53.6 Å². The standard InChI is InChI=1S/C21H24ClN3OS2.ClH/c1-24(2)13-5-14-25(21-23-18-6-3-4-7-19(18)28-21)20(26)12-15-27-17-10-8-16(22)9-11-17;/h3-4,6-11H,5,12-15H2,1-2H3;1H. The van der Waals surface area contributed by atoms with Crippen LogP contribution in [0.1, 0.15) is 12.8 Å². The number of thiazole rings is 1. The molecular weight excluding hydrogens is 445 g/mol. The van der Waals surface area contributed by atoms with E-state index in [0.717, 1.165) is 44.0 Å². The summed E-state index contributed by atoms with van der Waals surface area (Å²) in [6.07, 6.45) is 1.39. The monoisotopic (exact) mass is 469 g/mol. The summed E-state index contributed by atoms with van der Waals surface area (Å²) in [6, 6.07) is 15.8. The highest BCUT2D eigenvalue weighted by molar-refractivity contribution is 7.99. The second-order valence-corrected chi connectivity index (χ2v) is 9.33. The third kappa shape index (κ3) is 7.15. The average molecular weight is 470 g/mol. The van der Waals surface area contributed by atoms with Crippen LogP contribution in [0, 0.1) is 0 Å². The molecule has 0 aliphatic rings. The maximum Gasteiger partial charge on any atom is 0.229 e. The Morgan fingerprint density at radius 1 is 1.10 bits per heavy atom. The Balaban J connectivity index is 0.00000300. The summed E-state index contributed by atoms with van der Waals surface area (Å²) in [4.78, 5) is 22.8. The van der Waals surface area contributed by atoms with Gasteiger partial charge in [0.05, 0.1) is 10.2 Å². The maximum absolute atomic E-state index is 13.0. The molecule has 3 rings (SSSR count). The highest BCUT2D eigenvalue weighted by Gasteiger charge is 2.19. The normalized spacial score (nSPS) is 10.9. The molecule has 0 spiro atoms. The Morgan fingerprint density at radius 2 is 1.83 bits per heavy atom. The maximum atomic E-state index is 13.0. The topological polar surface area (TPSA) is 36.4 Å². The fourth-order valence-corrected chi connectivity index (χ4v) is 4.75. The number of hydrogen-bond acceptors (Lipinski definition) is 5. The largest absolute Gasteiger partial charge is 0.309 e. The van der Waals surface area contributed by atoms with E-state index in [1.165, 1.54) is 0 Å². The van der Waals surface area contributed by atoms with Gasteiger partial charge in [0.2, 0.25) is 5.91 Å². The quantitative estimate of drug-likeness (QED) is 0.368. The minimum absolute atomic E-state index is 0. The van der Waals surface area contributed by atoms with Crippen molar-refractivity contribution in [2.24, 2.45) is 0 Å². The first-order valence-electron chi connectivity index (χ1n) is 9.22. The van der Waals surface area contributed by atoms with Crippen LogP contribution in [0.5, 0.6) is 0 Å². The molecule has 0 unspecified atom stereocenters. The zero-order valence-corrected chi connectivity index (χ0v) is 19.7. The smallest absolute Gasteiger partial charge is 0.229 e. The van der Waals surface area contributed by atoms with Gasteiger partial charge in [0.25, 0.3) is 0 Å². The summed E-state index contributed by atoms with van der Waals surface area (Å²) >= 11 is 9.19. The van der Waals surface area contributed by atoms with Gasteiger partial charge in [-0.15, -0.1) is 24.2 Å². The van der Waals surface area contributed by atoms with Crippen LogP contribution in [0.3, 0.4) is 0 Å². The van der Waals surface area contributed by atoms with Crippen molar-refractivity contribution in [1.82, 2.24) is 9.88 Å². The van der Waals surface area contributed by atoms with Crippen molar-refractivity contribution in [1.29, 1.82) is 0 Å². The number of halogens is 2. The van der Waals surface area contributed by atoms with E-state index in [-0.39, 0.29) is 18.3 Å². The fourth-order valence-electron chi connectivity index (χ4n) is 2.77. The molecule has 2 aromatic carbocycles. The molecule has 1 amide bonds. The van der Waals surface area contributed by atoms with E-state index in [4.69, 9.17) is 16.6 Å². The van der Waals surface area contributed by atoms with Gasteiger partial charge in [-0.1, -0.05) is 35.1 Å². The SMILES string of the molecule is CN(C)CCCN(C(=O)CCSc1ccc(Cl)cc1)c1nc2ccccc2s1.Cl. The minimum Gasteiger partial charge on any atom is -0.309 e. The van der Waals surface area contributed by atoms with Crippen molar-refractivity contribution < 1.29 is 4.79 Å². The summed E-state index contributed by atoms with van der Waals surface area (Å²) in [5.41, 5.74) is 0.948. The highest BCUT2D eigenvalue weighted by Crippen LogP contribution is 2.29. The van der Waals surface area contributed by atoms with E-state index in [0.29, 0.717) is 13.0 Å². The third-order valence-electron chi connectivity index (χ3n) is 4.20. The summed E-state index contributed by atoms with van der Waals surface area (Å²) in [7, 11) is 4.10. The Bertz CT molecular complexity index is 883. The molecule has 0 aliphatic heterocycles. The molecule has 0 atom stereocenters. The molecule has 3 aromatic rings. The van der Waals surface area contributed by atoms with Gasteiger partial charge in [0, 0.05) is 28.6 Å². The molecule has 1 heterocycles. The molecule has 0 saturated heterocycles. The first-order chi connectivity index (χ1) is 13.5. The lowest BCUT2D eigenvalue weighted by Gasteiger charge is -2.21. The Kier molecular flexibility index (Phi) is 9.72. The Hall–Kier alpha value is -1.31. The zero-order chi connectivity index (χ0) is 19.9. The van der Waals surface area contributed by atoms with E-state index in [1.807, 2.05) is 61.5 Å². The van der Waals surface area contributed by atoms with Crippen molar-refractivity contribution >= 4 is 68.4 Å². The summed E-state index contributed by atoms with van der Waals surface area (Å²) in [5.74, 6) is 0.856. The number of aromatic nitrogens is 1. The van der Waals surface area contributed by atoms with Gasteiger partial charge in [-0.25, -0.2) is 4.98 Å². The van der Waals surface area contributed by atoms with Gasteiger partial charge in [-0.3, -0.25) is 9.69 Å². The second-order valence-electron chi connectivity index (χ2n) is 6.72. The second kappa shape index (κ2) is 11.8. The molecule has 4 nitrogen and oxygen atoms in total. The minimum atomic E-state index is 0. The number of nitrogens with zero attached hydrogens (tertiary/aromatic N) is 3. The van der Waals surface area contributed by atoms with Crippen LogP contribution < -0.4 is 4.90 Å². The van der Waals surface area contributed by atoms with Crippen LogP contribution in [-0.2, 0) is 4.79 Å². The number of rotatable bonds is 9. The predicted octanol–water partition coefficient (Wildman–Crippen LogP) is 5.84. The van der Waals surface area contributed by atoms with E-state index in [2.05, 4.69) is 11.0 Å². The summed E-state index contributed by atoms with van der Waals surface area (Å²) in [6.45, 7) is 1.62. The summed E-state index contributed by atoms with van der Waals surface area (Å²) in [5, 5.41) is 1.52. The lowest BCUT2D eigenvalue weighted by atomic mass is 10.3. The van der Waals surface area contributed by atoms with E-state index >= 15 is 0 Å². The predicted molar refractivity (Wildman–Crippen MR) is 129 cm³/mol. The number of carbonyl (C=O) groups excluding carboxylic acids is 1. The van der Waals surface area contributed by atoms with E-state index in [1.54, 1.807) is 23.1 Å². The number of para-hydroxylation sites is 1. The average Bonchev–Trinajstić information content (AvgIpc) is 3.10. The third-order valence-corrected chi connectivity index (χ3v) is 6.53. The van der Waals surface area contributed by atoms with Gasteiger partial charge in [0.1, 0.15) is 0 Å². The molecule has 0 N–H and O–H groups in total. The van der Waals surface area contributed by atoms with E-state index in [9.17, 15) is 4.79 Å². The number of carbonyl (C=O) groups is 1. The lowest BCUT2D eigenvalue weighted by molar-refractivity contribution is -0.118. The Labute approximate surface area is 191 Å². The lowest BCUT2D eigenvalue weighted by Crippen LogP contribution is -2.33. The molecule has 0 bridgehead atoms. The number of benzene rings is 2. The number of hydrogen-bond donors (Lipinski definition) is 0. The molecule has 0 fully saturated rings. The first kappa shape index (κ1) is 24.0. The number of fused-ring (bicyclic) bond motifs is 1. The first-order valence-corrected chi connectivity index (χ1v) is 11.4. The Morgan fingerprint density at radius 3 is 2.52 bits per heavy atom. The number of anilines is 1. The van der Waals surface area contributed by atoms with Crippen LogP contribution >= 0.6 is 47.1 Å². The molecule has 1 aromatic heterocycles. The molecule has 156 valence electrons. The molecule has 0 radical (unpaired) electrons. The van der Waals surface area contributed by atoms with Gasteiger partial charge in [0.15, 0.2) is 5.13 Å². The van der Waals surface area contributed by atoms with E-state index < -0.39 is 0 Å².